The fraction of sp³-hybridized carbons (Fsp3) is 0.486. The van der Waals surface area contributed by atoms with Crippen LogP contribution in [0.4, 0.5) is 0 Å². The minimum absolute atomic E-state index is 0.0757. The highest BCUT2D eigenvalue weighted by molar-refractivity contribution is 5.96. The summed E-state index contributed by atoms with van der Waals surface area (Å²) < 4.78 is 6.33. The van der Waals surface area contributed by atoms with Crippen molar-refractivity contribution in [1.29, 1.82) is 0 Å². The van der Waals surface area contributed by atoms with Gasteiger partial charge in [0.25, 0.3) is 0 Å². The van der Waals surface area contributed by atoms with Gasteiger partial charge in [0.05, 0.1) is 6.04 Å². The summed E-state index contributed by atoms with van der Waals surface area (Å²) >= 11 is 0. The molecule has 2 aromatic rings. The fourth-order valence-electron chi connectivity index (χ4n) is 6.07. The highest BCUT2D eigenvalue weighted by Crippen LogP contribution is 2.27. The number of nitrogens with zero attached hydrogens (tertiary/aromatic N) is 2. The Hall–Kier alpha value is -4.18. The Morgan fingerprint density at radius 1 is 1.02 bits per heavy atom. The summed E-state index contributed by atoms with van der Waals surface area (Å²) in [5.41, 5.74) is 1.75. The number of carbonyl (C=O) groups excluding carboxylic acids is 4. The van der Waals surface area contributed by atoms with E-state index >= 15 is 0 Å². The number of carbonyl (C=O) groups is 4. The van der Waals surface area contributed by atoms with Gasteiger partial charge in [-0.05, 0) is 55.3 Å². The van der Waals surface area contributed by atoms with E-state index < -0.39 is 36.2 Å². The van der Waals surface area contributed by atoms with Crippen molar-refractivity contribution in [2.45, 2.75) is 77.2 Å². The average Bonchev–Trinajstić information content (AvgIpc) is 3.43. The van der Waals surface area contributed by atoms with E-state index in [1.54, 1.807) is 24.4 Å². The van der Waals surface area contributed by atoms with E-state index in [2.05, 4.69) is 16.0 Å². The quantitative estimate of drug-likeness (QED) is 0.398. The molecule has 2 bridgehead atoms. The van der Waals surface area contributed by atoms with Crippen LogP contribution in [-0.4, -0.2) is 84.3 Å². The molecule has 1 saturated heterocycles. The molecule has 10 nitrogen and oxygen atoms in total. The molecule has 3 aliphatic rings. The molecule has 10 heteroatoms. The second kappa shape index (κ2) is 15.2. The molecule has 0 spiro atoms. The van der Waals surface area contributed by atoms with Crippen LogP contribution in [0.2, 0.25) is 0 Å². The number of benzene rings is 2. The summed E-state index contributed by atoms with van der Waals surface area (Å²) in [6, 6.07) is 13.6. The average molecular weight is 618 g/mol. The highest BCUT2D eigenvalue weighted by atomic mass is 16.5. The number of likely N-dealkylation sites (N-methyl/N-ethyl adjacent to an activating group) is 1. The van der Waals surface area contributed by atoms with Gasteiger partial charge in [-0.25, -0.2) is 0 Å². The number of nitrogens with one attached hydrogen (secondary N) is 3. The van der Waals surface area contributed by atoms with Crippen LogP contribution >= 0.6 is 0 Å². The standard InChI is InChI=1S/C35H47N5O5/c1-7-23(4)30(39(5)6)33(42)38-29(22(2)3)35(44)40-20-18-28-31(40)34(43)37-27(21-25-11-9-8-10-12-25)32(41)36-19-17-24-13-15-26(45-28)16-14-24/h8-17,19,22-23,27-31H,7,18,20-21H2,1-6H3,(H,36,41)(H,37,43)(H,38,42)/b19-17+. The van der Waals surface area contributed by atoms with Gasteiger partial charge in [-0.2, -0.15) is 0 Å². The van der Waals surface area contributed by atoms with E-state index in [9.17, 15) is 19.2 Å². The minimum atomic E-state index is -1.01. The predicted octanol–water partition coefficient (Wildman–Crippen LogP) is 2.98. The maximum atomic E-state index is 14.3. The number of amides is 4. The Morgan fingerprint density at radius 2 is 1.71 bits per heavy atom. The SMILES string of the molecule is CCC(C)C(C(=O)NC(C(=O)N1CCC2Oc3ccc(cc3)/C=C/NC(=O)C(Cc3ccccc3)NC(=O)C21)C(C)C)N(C)C. The van der Waals surface area contributed by atoms with Crippen molar-refractivity contribution >= 4 is 29.7 Å². The van der Waals surface area contributed by atoms with Crippen molar-refractivity contribution in [3.63, 3.8) is 0 Å². The van der Waals surface area contributed by atoms with Crippen molar-refractivity contribution in [2.24, 2.45) is 11.8 Å². The summed E-state index contributed by atoms with van der Waals surface area (Å²) in [6.07, 6.45) is 4.15. The second-order valence-corrected chi connectivity index (χ2v) is 12.6. The third kappa shape index (κ3) is 8.30. The van der Waals surface area contributed by atoms with E-state index in [-0.39, 0.29) is 42.5 Å². The molecule has 45 heavy (non-hydrogen) atoms. The lowest BCUT2D eigenvalue weighted by Crippen LogP contribution is -2.61. The van der Waals surface area contributed by atoms with Gasteiger partial charge in [0, 0.05) is 25.6 Å². The van der Waals surface area contributed by atoms with Gasteiger partial charge in [0.15, 0.2) is 0 Å². The first-order valence-corrected chi connectivity index (χ1v) is 15.8. The number of likely N-dealkylation sites (tertiary alicyclic amines) is 1. The van der Waals surface area contributed by atoms with Crippen LogP contribution in [-0.2, 0) is 25.6 Å². The molecule has 1 fully saturated rings. The largest absolute Gasteiger partial charge is 0.488 e. The van der Waals surface area contributed by atoms with Crippen LogP contribution in [0, 0.1) is 11.8 Å². The molecular weight excluding hydrogens is 570 g/mol. The highest BCUT2D eigenvalue weighted by Gasteiger charge is 2.47. The fourth-order valence-corrected chi connectivity index (χ4v) is 6.07. The molecular formula is C35H47N5O5. The van der Waals surface area contributed by atoms with Crippen LogP contribution < -0.4 is 20.7 Å². The Morgan fingerprint density at radius 3 is 2.33 bits per heavy atom. The molecule has 5 rings (SSSR count). The first kappa shape index (κ1) is 33.7. The molecule has 242 valence electrons. The lowest BCUT2D eigenvalue weighted by molar-refractivity contribution is -0.145. The number of hydrogen-bond donors (Lipinski definition) is 3. The van der Waals surface area contributed by atoms with Crippen molar-refractivity contribution < 1.29 is 23.9 Å². The van der Waals surface area contributed by atoms with Gasteiger partial charge in [0.1, 0.15) is 30.0 Å². The van der Waals surface area contributed by atoms with Crippen LogP contribution in [0.3, 0.4) is 0 Å². The third-order valence-corrected chi connectivity index (χ3v) is 8.72. The van der Waals surface area contributed by atoms with Gasteiger partial charge < -0.3 is 25.6 Å². The first-order chi connectivity index (χ1) is 21.5. The molecule has 6 unspecified atom stereocenters. The second-order valence-electron chi connectivity index (χ2n) is 12.6. The number of fused-ring (bicyclic) bond motifs is 7. The molecule has 2 aromatic carbocycles. The Bertz CT molecular complexity index is 1360. The van der Waals surface area contributed by atoms with Gasteiger partial charge in [0.2, 0.25) is 23.6 Å². The van der Waals surface area contributed by atoms with E-state index in [1.165, 1.54) is 4.90 Å². The van der Waals surface area contributed by atoms with E-state index in [0.717, 1.165) is 17.5 Å². The molecule has 3 N–H and O–H groups in total. The molecule has 0 aliphatic carbocycles. The maximum Gasteiger partial charge on any atom is 0.247 e. The Balaban J connectivity index is 1.66. The summed E-state index contributed by atoms with van der Waals surface area (Å²) in [7, 11) is 3.71. The smallest absolute Gasteiger partial charge is 0.247 e. The van der Waals surface area contributed by atoms with Crippen molar-refractivity contribution in [1.82, 2.24) is 25.8 Å². The van der Waals surface area contributed by atoms with E-state index in [1.807, 2.05) is 89.2 Å². The van der Waals surface area contributed by atoms with Crippen molar-refractivity contribution in [2.75, 3.05) is 20.6 Å². The molecule has 6 atom stereocenters. The van der Waals surface area contributed by atoms with Crippen LogP contribution in [0.15, 0.2) is 60.8 Å². The predicted molar refractivity (Wildman–Crippen MR) is 174 cm³/mol. The first-order valence-electron chi connectivity index (χ1n) is 15.8. The number of ether oxygens (including phenoxy) is 1. The lowest BCUT2D eigenvalue weighted by atomic mass is 9.95. The van der Waals surface area contributed by atoms with Crippen LogP contribution in [0.25, 0.3) is 6.08 Å². The van der Waals surface area contributed by atoms with Gasteiger partial charge >= 0.3 is 0 Å². The zero-order chi connectivity index (χ0) is 32.7. The molecule has 3 aliphatic heterocycles. The summed E-state index contributed by atoms with van der Waals surface area (Å²) in [5.74, 6) is -1.03. The zero-order valence-electron chi connectivity index (χ0n) is 27.2. The molecule has 0 radical (unpaired) electrons. The summed E-state index contributed by atoms with van der Waals surface area (Å²) in [4.78, 5) is 58.7. The van der Waals surface area contributed by atoms with E-state index in [0.29, 0.717) is 12.2 Å². The van der Waals surface area contributed by atoms with Gasteiger partial charge in [-0.3, -0.25) is 24.1 Å². The Labute approximate surface area is 266 Å². The molecule has 4 amide bonds. The Kier molecular flexibility index (Phi) is 11.4. The minimum Gasteiger partial charge on any atom is -0.488 e. The van der Waals surface area contributed by atoms with E-state index in [4.69, 9.17) is 4.74 Å². The monoisotopic (exact) mass is 617 g/mol. The van der Waals surface area contributed by atoms with Crippen LogP contribution in [0.5, 0.6) is 5.75 Å². The lowest BCUT2D eigenvalue weighted by Gasteiger charge is -2.35. The van der Waals surface area contributed by atoms with Crippen LogP contribution in [0.1, 0.15) is 51.7 Å². The summed E-state index contributed by atoms with van der Waals surface area (Å²) in [5, 5.41) is 8.74. The van der Waals surface area contributed by atoms with Gasteiger partial charge in [-0.15, -0.1) is 0 Å². The molecule has 0 saturated carbocycles. The third-order valence-electron chi connectivity index (χ3n) is 8.72. The van der Waals surface area contributed by atoms with Crippen molar-refractivity contribution in [3.05, 3.63) is 71.9 Å². The molecule has 3 heterocycles. The van der Waals surface area contributed by atoms with Crippen molar-refractivity contribution in [3.8, 4) is 5.75 Å². The molecule has 0 aromatic heterocycles. The zero-order valence-corrected chi connectivity index (χ0v) is 27.2. The summed E-state index contributed by atoms with van der Waals surface area (Å²) in [6.45, 7) is 8.07. The maximum absolute atomic E-state index is 14.3. The normalized spacial score (nSPS) is 22.8. The topological polar surface area (TPSA) is 120 Å². The van der Waals surface area contributed by atoms with Gasteiger partial charge in [-0.1, -0.05) is 76.6 Å². The number of rotatable bonds is 9. The number of hydrogen-bond acceptors (Lipinski definition) is 6.